The number of hydrogen-bond donors (Lipinski definition) is 1. The van der Waals surface area contributed by atoms with Crippen LogP contribution in [-0.4, -0.2) is 19.8 Å². The molecule has 0 aliphatic heterocycles. The fourth-order valence-electron chi connectivity index (χ4n) is 2.31. The third-order valence-electron chi connectivity index (χ3n) is 3.19. The van der Waals surface area contributed by atoms with E-state index < -0.39 is 0 Å². The second-order valence-electron chi connectivity index (χ2n) is 4.52. The number of fused-ring (bicyclic) bond motifs is 1. The van der Waals surface area contributed by atoms with Crippen LogP contribution in [0.4, 0.5) is 0 Å². The lowest BCUT2D eigenvalue weighted by Gasteiger charge is -2.23. The van der Waals surface area contributed by atoms with Gasteiger partial charge < -0.3 is 10.1 Å². The molecule has 0 saturated heterocycles. The molecular weight excluding hydrogens is 357 g/mol. The third kappa shape index (κ3) is 4.05. The second-order valence-corrected chi connectivity index (χ2v) is 7.55. The van der Waals surface area contributed by atoms with E-state index in [9.17, 15) is 0 Å². The van der Waals surface area contributed by atoms with E-state index in [0.29, 0.717) is 6.04 Å². The molecule has 0 fully saturated rings. The minimum Gasteiger partial charge on any atom is -0.380 e. The Hall–Kier alpha value is 0.0900. The Morgan fingerprint density at radius 1 is 1.56 bits per heavy atom. The highest BCUT2D eigenvalue weighted by atomic mass is 127. The SMILES string of the molecule is C=CCCOCCNC1CCCc2sc(I)cc21. The Morgan fingerprint density at radius 2 is 2.44 bits per heavy atom. The summed E-state index contributed by atoms with van der Waals surface area (Å²) in [6.07, 6.45) is 6.66. The largest absolute Gasteiger partial charge is 0.380 e. The first-order valence-corrected chi connectivity index (χ1v) is 8.41. The second kappa shape index (κ2) is 7.62. The molecule has 18 heavy (non-hydrogen) atoms. The number of thiophene rings is 1. The summed E-state index contributed by atoms with van der Waals surface area (Å²) in [7, 11) is 0. The summed E-state index contributed by atoms with van der Waals surface area (Å²) in [6.45, 7) is 6.20. The zero-order chi connectivity index (χ0) is 12.8. The van der Waals surface area contributed by atoms with Crippen LogP contribution < -0.4 is 5.32 Å². The molecule has 2 rings (SSSR count). The maximum absolute atomic E-state index is 5.53. The van der Waals surface area contributed by atoms with Gasteiger partial charge in [0.25, 0.3) is 0 Å². The Kier molecular flexibility index (Phi) is 6.14. The summed E-state index contributed by atoms with van der Waals surface area (Å²) >= 11 is 4.38. The van der Waals surface area contributed by atoms with Crippen LogP contribution in [0.3, 0.4) is 0 Å². The first-order valence-electron chi connectivity index (χ1n) is 6.51. The van der Waals surface area contributed by atoms with Gasteiger partial charge >= 0.3 is 0 Å². The average Bonchev–Trinajstić information content (AvgIpc) is 2.74. The van der Waals surface area contributed by atoms with E-state index in [1.54, 1.807) is 4.88 Å². The standard InChI is InChI=1S/C14H20INOS/c1-2-3-8-17-9-7-16-12-5-4-6-13-11(12)10-14(15)18-13/h2,10,12,16H,1,3-9H2. The lowest BCUT2D eigenvalue weighted by atomic mass is 9.94. The highest BCUT2D eigenvalue weighted by molar-refractivity contribution is 14.1. The van der Waals surface area contributed by atoms with Crippen molar-refractivity contribution in [2.45, 2.75) is 31.7 Å². The lowest BCUT2D eigenvalue weighted by Crippen LogP contribution is -2.27. The first kappa shape index (κ1) is 14.5. The first-order chi connectivity index (χ1) is 8.81. The van der Waals surface area contributed by atoms with Gasteiger partial charge in [-0.3, -0.25) is 0 Å². The number of nitrogens with one attached hydrogen (secondary N) is 1. The van der Waals surface area contributed by atoms with Gasteiger partial charge in [-0.2, -0.15) is 0 Å². The maximum Gasteiger partial charge on any atom is 0.0659 e. The van der Waals surface area contributed by atoms with E-state index >= 15 is 0 Å². The topological polar surface area (TPSA) is 21.3 Å². The highest BCUT2D eigenvalue weighted by Gasteiger charge is 2.21. The Labute approximate surface area is 127 Å². The molecule has 100 valence electrons. The Bertz CT molecular complexity index is 391. The Morgan fingerprint density at radius 3 is 3.28 bits per heavy atom. The molecule has 1 aromatic heterocycles. The highest BCUT2D eigenvalue weighted by Crippen LogP contribution is 2.36. The van der Waals surface area contributed by atoms with Gasteiger partial charge in [0.1, 0.15) is 0 Å². The monoisotopic (exact) mass is 377 g/mol. The van der Waals surface area contributed by atoms with Gasteiger partial charge in [0, 0.05) is 17.5 Å². The fourth-order valence-corrected chi connectivity index (χ4v) is 4.43. The number of halogens is 1. The van der Waals surface area contributed by atoms with E-state index in [0.717, 1.165) is 26.2 Å². The van der Waals surface area contributed by atoms with E-state index in [4.69, 9.17) is 4.74 Å². The van der Waals surface area contributed by atoms with Crippen LogP contribution in [-0.2, 0) is 11.2 Å². The predicted octanol–water partition coefficient (Wildman–Crippen LogP) is 3.91. The third-order valence-corrected chi connectivity index (χ3v) is 5.16. The van der Waals surface area contributed by atoms with Crippen molar-refractivity contribution in [2.75, 3.05) is 19.8 Å². The van der Waals surface area contributed by atoms with Crippen molar-refractivity contribution >= 4 is 33.9 Å². The molecule has 1 unspecified atom stereocenters. The van der Waals surface area contributed by atoms with E-state index in [-0.39, 0.29) is 0 Å². The summed E-state index contributed by atoms with van der Waals surface area (Å²) in [6, 6.07) is 2.88. The molecule has 0 saturated carbocycles. The van der Waals surface area contributed by atoms with Gasteiger partial charge in [-0.1, -0.05) is 6.08 Å². The molecule has 0 aromatic carbocycles. The molecule has 1 atom stereocenters. The molecule has 1 heterocycles. The van der Waals surface area contributed by atoms with Crippen LogP contribution in [0, 0.1) is 2.88 Å². The molecular formula is C14H20INOS. The minimum atomic E-state index is 0.538. The number of ether oxygens (including phenoxy) is 1. The van der Waals surface area contributed by atoms with Crippen LogP contribution in [0.25, 0.3) is 0 Å². The summed E-state index contributed by atoms with van der Waals surface area (Å²) in [5.41, 5.74) is 1.53. The van der Waals surface area contributed by atoms with E-state index in [2.05, 4.69) is 40.6 Å². The quantitative estimate of drug-likeness (QED) is 0.442. The van der Waals surface area contributed by atoms with Crippen molar-refractivity contribution in [2.24, 2.45) is 0 Å². The normalized spacial score (nSPS) is 18.6. The number of rotatable bonds is 7. The van der Waals surface area contributed by atoms with Gasteiger partial charge in [0.15, 0.2) is 0 Å². The fraction of sp³-hybridized carbons (Fsp3) is 0.571. The molecule has 0 amide bonds. The molecule has 0 radical (unpaired) electrons. The summed E-state index contributed by atoms with van der Waals surface area (Å²) in [4.78, 5) is 1.58. The van der Waals surface area contributed by atoms with Crippen molar-refractivity contribution in [3.8, 4) is 0 Å². The van der Waals surface area contributed by atoms with Gasteiger partial charge in [0.05, 0.1) is 16.1 Å². The molecule has 2 nitrogen and oxygen atoms in total. The molecule has 1 aromatic rings. The lowest BCUT2D eigenvalue weighted by molar-refractivity contribution is 0.137. The predicted molar refractivity (Wildman–Crippen MR) is 86.4 cm³/mol. The average molecular weight is 377 g/mol. The van der Waals surface area contributed by atoms with Gasteiger partial charge in [-0.15, -0.1) is 17.9 Å². The summed E-state index contributed by atoms with van der Waals surface area (Å²) < 4.78 is 6.94. The summed E-state index contributed by atoms with van der Waals surface area (Å²) in [5, 5.41) is 3.62. The van der Waals surface area contributed by atoms with Crippen molar-refractivity contribution in [1.82, 2.24) is 5.32 Å². The zero-order valence-electron chi connectivity index (χ0n) is 10.6. The van der Waals surface area contributed by atoms with Crippen LogP contribution >= 0.6 is 33.9 Å². The van der Waals surface area contributed by atoms with Crippen molar-refractivity contribution < 1.29 is 4.74 Å². The minimum absolute atomic E-state index is 0.538. The molecule has 0 spiro atoms. The smallest absolute Gasteiger partial charge is 0.0659 e. The van der Waals surface area contributed by atoms with Crippen molar-refractivity contribution in [1.29, 1.82) is 0 Å². The van der Waals surface area contributed by atoms with Gasteiger partial charge in [0.2, 0.25) is 0 Å². The van der Waals surface area contributed by atoms with E-state index in [1.165, 1.54) is 27.7 Å². The molecule has 1 N–H and O–H groups in total. The zero-order valence-corrected chi connectivity index (χ0v) is 13.6. The molecule has 4 heteroatoms. The maximum atomic E-state index is 5.53. The molecule has 1 aliphatic rings. The van der Waals surface area contributed by atoms with Crippen LogP contribution in [0.15, 0.2) is 18.7 Å². The number of hydrogen-bond acceptors (Lipinski definition) is 3. The molecule has 1 aliphatic carbocycles. The summed E-state index contributed by atoms with van der Waals surface area (Å²) in [5.74, 6) is 0. The Balaban J connectivity index is 1.75. The van der Waals surface area contributed by atoms with Gasteiger partial charge in [-0.25, -0.2) is 0 Å². The van der Waals surface area contributed by atoms with Crippen LogP contribution in [0.2, 0.25) is 0 Å². The van der Waals surface area contributed by atoms with Gasteiger partial charge in [-0.05, 0) is 59.9 Å². The van der Waals surface area contributed by atoms with Crippen molar-refractivity contribution in [3.63, 3.8) is 0 Å². The van der Waals surface area contributed by atoms with Crippen molar-refractivity contribution in [3.05, 3.63) is 32.0 Å². The van der Waals surface area contributed by atoms with E-state index in [1.807, 2.05) is 17.4 Å². The molecule has 0 bridgehead atoms. The number of aryl methyl sites for hydroxylation is 1. The van der Waals surface area contributed by atoms with Crippen LogP contribution in [0.5, 0.6) is 0 Å². The van der Waals surface area contributed by atoms with Crippen LogP contribution in [0.1, 0.15) is 35.7 Å².